The molecule has 0 aromatic heterocycles. The Morgan fingerprint density at radius 3 is 1.97 bits per heavy atom. The standard InChI is InChI=1S/C29H50O4/c1-20(2)12-9-13-21(3)14-10-15-22(4)16-11-17-27(8)18-19-28(32)26(31)23(5)24(6)29(28,33-27)25(7)30/h20-22,32H,9-19H2,1-8H3/t21-,22-,27-,28-,29+/m0/s1. The lowest BCUT2D eigenvalue weighted by molar-refractivity contribution is -0.238. The number of hydrogen-bond donors (Lipinski definition) is 1. The molecule has 1 fully saturated rings. The molecule has 4 nitrogen and oxygen atoms in total. The predicted molar refractivity (Wildman–Crippen MR) is 135 cm³/mol. The molecule has 0 aromatic rings. The van der Waals surface area contributed by atoms with E-state index in [1.807, 2.05) is 6.92 Å². The molecule has 1 saturated heterocycles. The Bertz CT molecular complexity index is 738. The Kier molecular flexibility index (Phi) is 9.55. The molecule has 0 radical (unpaired) electrons. The third kappa shape index (κ3) is 5.99. The molecule has 1 heterocycles. The first-order valence-corrected chi connectivity index (χ1v) is 13.5. The quantitative estimate of drug-likeness (QED) is 0.321. The van der Waals surface area contributed by atoms with Crippen LogP contribution in [0.15, 0.2) is 11.1 Å². The number of carbonyl (C=O) groups is 2. The lowest BCUT2D eigenvalue weighted by Gasteiger charge is -2.51. The fraction of sp³-hybridized carbons (Fsp3) is 0.862. The van der Waals surface area contributed by atoms with Gasteiger partial charge in [0.25, 0.3) is 0 Å². The second-order valence-electron chi connectivity index (χ2n) is 12.1. The fourth-order valence-corrected chi connectivity index (χ4v) is 6.14. The van der Waals surface area contributed by atoms with Crippen LogP contribution in [0.2, 0.25) is 0 Å². The van der Waals surface area contributed by atoms with Crippen molar-refractivity contribution >= 4 is 11.6 Å². The highest BCUT2D eigenvalue weighted by Crippen LogP contribution is 2.54. The van der Waals surface area contributed by atoms with Crippen molar-refractivity contribution in [3.05, 3.63) is 11.1 Å². The molecule has 190 valence electrons. The molecule has 0 aromatic carbocycles. The number of hydrogen-bond acceptors (Lipinski definition) is 4. The van der Waals surface area contributed by atoms with Crippen LogP contribution in [0.1, 0.15) is 126 Å². The maximum absolute atomic E-state index is 12.8. The molecule has 4 heteroatoms. The van der Waals surface area contributed by atoms with Crippen molar-refractivity contribution in [1.29, 1.82) is 0 Å². The summed E-state index contributed by atoms with van der Waals surface area (Å²) in [6, 6.07) is 0. The minimum absolute atomic E-state index is 0.269. The number of aliphatic hydroxyl groups is 1. The van der Waals surface area contributed by atoms with Crippen LogP contribution in [0.4, 0.5) is 0 Å². The van der Waals surface area contributed by atoms with E-state index in [1.54, 1.807) is 13.8 Å². The fourth-order valence-electron chi connectivity index (χ4n) is 6.14. The van der Waals surface area contributed by atoms with Gasteiger partial charge in [0.1, 0.15) is 0 Å². The highest BCUT2D eigenvalue weighted by atomic mass is 16.5. The molecule has 0 unspecified atom stereocenters. The van der Waals surface area contributed by atoms with Gasteiger partial charge in [0, 0.05) is 0 Å². The largest absolute Gasteiger partial charge is 0.378 e. The monoisotopic (exact) mass is 462 g/mol. The van der Waals surface area contributed by atoms with Crippen molar-refractivity contribution in [2.45, 2.75) is 143 Å². The molecule has 1 aliphatic heterocycles. The van der Waals surface area contributed by atoms with E-state index in [-0.39, 0.29) is 18.0 Å². The van der Waals surface area contributed by atoms with Crippen molar-refractivity contribution in [2.75, 3.05) is 0 Å². The van der Waals surface area contributed by atoms with Gasteiger partial charge < -0.3 is 9.84 Å². The van der Waals surface area contributed by atoms with E-state index in [0.29, 0.717) is 23.5 Å². The van der Waals surface area contributed by atoms with Gasteiger partial charge in [-0.3, -0.25) is 9.59 Å². The van der Waals surface area contributed by atoms with E-state index < -0.39 is 16.8 Å². The van der Waals surface area contributed by atoms with Gasteiger partial charge in [0.05, 0.1) is 5.60 Å². The normalized spacial score (nSPS) is 31.8. The third-order valence-corrected chi connectivity index (χ3v) is 8.57. The Morgan fingerprint density at radius 2 is 1.45 bits per heavy atom. The van der Waals surface area contributed by atoms with Gasteiger partial charge in [-0.2, -0.15) is 0 Å². The molecular formula is C29H50O4. The van der Waals surface area contributed by atoms with E-state index in [4.69, 9.17) is 4.74 Å². The Morgan fingerprint density at radius 1 is 0.939 bits per heavy atom. The maximum Gasteiger partial charge on any atom is 0.193 e. The molecule has 0 amide bonds. The zero-order chi connectivity index (χ0) is 25.0. The average Bonchev–Trinajstić information content (AvgIpc) is 2.87. The van der Waals surface area contributed by atoms with E-state index in [0.717, 1.165) is 31.1 Å². The van der Waals surface area contributed by atoms with Crippen molar-refractivity contribution in [3.8, 4) is 0 Å². The van der Waals surface area contributed by atoms with E-state index in [1.165, 1.54) is 45.4 Å². The summed E-state index contributed by atoms with van der Waals surface area (Å²) < 4.78 is 6.47. The first-order chi connectivity index (χ1) is 15.3. The van der Waals surface area contributed by atoms with Crippen LogP contribution in [0.3, 0.4) is 0 Å². The maximum atomic E-state index is 12.8. The molecule has 0 bridgehead atoms. The molecule has 2 rings (SSSR count). The second-order valence-corrected chi connectivity index (χ2v) is 12.1. The van der Waals surface area contributed by atoms with Gasteiger partial charge in [-0.15, -0.1) is 0 Å². The zero-order valence-corrected chi connectivity index (χ0v) is 22.7. The second kappa shape index (κ2) is 11.2. The number of carbonyl (C=O) groups excluding carboxylic acids is 2. The molecule has 0 spiro atoms. The van der Waals surface area contributed by atoms with Crippen molar-refractivity contribution < 1.29 is 19.4 Å². The van der Waals surface area contributed by atoms with Crippen LogP contribution in [-0.2, 0) is 14.3 Å². The van der Waals surface area contributed by atoms with Gasteiger partial charge in [-0.1, -0.05) is 79.1 Å². The van der Waals surface area contributed by atoms with Crippen molar-refractivity contribution in [2.24, 2.45) is 17.8 Å². The van der Waals surface area contributed by atoms with Crippen molar-refractivity contribution in [3.63, 3.8) is 0 Å². The number of Topliss-reactive ketones (excluding diaryl/α,β-unsaturated/α-hetero) is 2. The molecular weight excluding hydrogens is 412 g/mol. The summed E-state index contributed by atoms with van der Waals surface area (Å²) >= 11 is 0. The average molecular weight is 463 g/mol. The topological polar surface area (TPSA) is 63.6 Å². The summed E-state index contributed by atoms with van der Waals surface area (Å²) in [4.78, 5) is 25.6. The number of ether oxygens (including phenoxy) is 1. The van der Waals surface area contributed by atoms with Crippen molar-refractivity contribution in [1.82, 2.24) is 0 Å². The number of ketones is 2. The Balaban J connectivity index is 1.84. The lowest BCUT2D eigenvalue weighted by atomic mass is 9.70. The summed E-state index contributed by atoms with van der Waals surface area (Å²) in [5, 5.41) is 11.3. The van der Waals surface area contributed by atoms with Crippen LogP contribution in [0, 0.1) is 17.8 Å². The van der Waals surface area contributed by atoms with E-state index >= 15 is 0 Å². The Hall–Kier alpha value is -1.00. The molecule has 1 N–H and O–H groups in total. The SMILES string of the molecule is CC(=O)[C@@]12O[C@@](C)(CCC[C@@H](C)CCC[C@@H](C)CCCC(C)C)CC[C@]1(O)C(=O)C(C)=C2C. The molecule has 2 aliphatic rings. The van der Waals surface area contributed by atoms with E-state index in [9.17, 15) is 14.7 Å². The van der Waals surface area contributed by atoms with Crippen LogP contribution in [0.5, 0.6) is 0 Å². The third-order valence-electron chi connectivity index (χ3n) is 8.57. The molecule has 1 aliphatic carbocycles. The smallest absolute Gasteiger partial charge is 0.193 e. The minimum Gasteiger partial charge on any atom is -0.378 e. The lowest BCUT2D eigenvalue weighted by Crippen LogP contribution is -2.67. The highest BCUT2D eigenvalue weighted by molar-refractivity contribution is 6.13. The van der Waals surface area contributed by atoms with Gasteiger partial charge >= 0.3 is 0 Å². The van der Waals surface area contributed by atoms with Crippen LogP contribution >= 0.6 is 0 Å². The Labute approximate surface area is 202 Å². The minimum atomic E-state index is -1.74. The predicted octanol–water partition coefficient (Wildman–Crippen LogP) is 6.97. The summed E-state index contributed by atoms with van der Waals surface area (Å²) in [6.45, 7) is 16.3. The number of fused-ring (bicyclic) bond motifs is 1. The zero-order valence-electron chi connectivity index (χ0n) is 22.7. The summed E-state index contributed by atoms with van der Waals surface area (Å²) in [6.07, 6.45) is 11.8. The first kappa shape index (κ1) is 28.2. The summed E-state index contributed by atoms with van der Waals surface area (Å²) in [5.74, 6) is 1.69. The van der Waals surface area contributed by atoms with Crippen LogP contribution in [-0.4, -0.2) is 33.5 Å². The molecule has 5 atom stereocenters. The summed E-state index contributed by atoms with van der Waals surface area (Å²) in [7, 11) is 0. The first-order valence-electron chi connectivity index (χ1n) is 13.5. The van der Waals surface area contributed by atoms with Crippen LogP contribution < -0.4 is 0 Å². The van der Waals surface area contributed by atoms with Crippen LogP contribution in [0.25, 0.3) is 0 Å². The summed E-state index contributed by atoms with van der Waals surface area (Å²) in [5.41, 5.74) is -2.70. The van der Waals surface area contributed by atoms with Gasteiger partial charge in [-0.25, -0.2) is 0 Å². The van der Waals surface area contributed by atoms with Gasteiger partial charge in [0.2, 0.25) is 0 Å². The van der Waals surface area contributed by atoms with Gasteiger partial charge in [-0.05, 0) is 75.9 Å². The molecule has 33 heavy (non-hydrogen) atoms. The highest BCUT2D eigenvalue weighted by Gasteiger charge is 2.69. The van der Waals surface area contributed by atoms with Gasteiger partial charge in [0.15, 0.2) is 22.8 Å². The van der Waals surface area contributed by atoms with E-state index in [2.05, 4.69) is 27.7 Å². The molecule has 0 saturated carbocycles. The number of rotatable bonds is 13.